The molecule has 0 radical (unpaired) electrons. The minimum Gasteiger partial charge on any atom is -0.491 e. The molecular weight excluding hydrogens is 618 g/mol. The zero-order chi connectivity index (χ0) is 30.2. The Morgan fingerprint density at radius 1 is 0.860 bits per heavy atom. The fourth-order valence-corrected chi connectivity index (χ4v) is 5.98. The number of hydrogen-bond acceptors (Lipinski definition) is 4. The lowest BCUT2D eigenvalue weighted by atomic mass is 9.87. The van der Waals surface area contributed by atoms with Crippen molar-refractivity contribution in [1.29, 1.82) is 0 Å². The third kappa shape index (κ3) is 14.0. The summed E-state index contributed by atoms with van der Waals surface area (Å²) in [6.07, 6.45) is 18.0. The second-order valence-corrected chi connectivity index (χ2v) is 13.9. The summed E-state index contributed by atoms with van der Waals surface area (Å²) in [4.78, 5) is 16.7. The quantitative estimate of drug-likeness (QED) is 0.155. The highest BCUT2D eigenvalue weighted by atomic mass is 79.9. The summed E-state index contributed by atoms with van der Waals surface area (Å²) < 4.78 is 6.28. The Kier molecular flexibility index (Phi) is 17.3. The lowest BCUT2D eigenvalue weighted by Crippen LogP contribution is -2.22. The van der Waals surface area contributed by atoms with E-state index in [2.05, 4.69) is 74.6 Å². The predicted octanol–water partition coefficient (Wildman–Crippen LogP) is 11.7. The van der Waals surface area contributed by atoms with E-state index in [0.717, 1.165) is 35.8 Å². The molecule has 3 rings (SSSR count). The highest BCUT2D eigenvalue weighted by Crippen LogP contribution is 2.33. The molecule has 7 heteroatoms. The SMILES string of the molecule is Br.CCCCCCCCCCCCCCOc1cc(C(C)(C)C)ccc1NC(=O)Nc1ccccc1CN1C=C(C)SC1. The Hall–Kier alpha value is -2.12. The number of nitrogens with zero attached hydrogens (tertiary/aromatic N) is 1. The van der Waals surface area contributed by atoms with Gasteiger partial charge in [0.2, 0.25) is 0 Å². The Morgan fingerprint density at radius 2 is 1.47 bits per heavy atom. The molecule has 0 aromatic heterocycles. The first kappa shape index (κ1) is 37.1. The Labute approximate surface area is 276 Å². The lowest BCUT2D eigenvalue weighted by Gasteiger charge is -2.22. The third-order valence-electron chi connectivity index (χ3n) is 7.81. The number of rotatable bonds is 18. The summed E-state index contributed by atoms with van der Waals surface area (Å²) in [5.41, 5.74) is 3.80. The van der Waals surface area contributed by atoms with Crippen molar-refractivity contribution < 1.29 is 9.53 Å². The number of halogens is 1. The average molecular weight is 675 g/mol. The monoisotopic (exact) mass is 673 g/mol. The number of amides is 2. The second-order valence-electron chi connectivity index (χ2n) is 12.7. The molecule has 43 heavy (non-hydrogen) atoms. The minimum absolute atomic E-state index is 0. The topological polar surface area (TPSA) is 53.6 Å². The zero-order valence-corrected chi connectivity index (χ0v) is 29.8. The van der Waals surface area contributed by atoms with Crippen molar-refractivity contribution >= 4 is 46.1 Å². The van der Waals surface area contributed by atoms with Gasteiger partial charge in [0.05, 0.1) is 18.2 Å². The summed E-state index contributed by atoms with van der Waals surface area (Å²) in [7, 11) is 0. The number of carbonyl (C=O) groups excluding carboxylic acids is 1. The highest BCUT2D eigenvalue weighted by Gasteiger charge is 2.18. The van der Waals surface area contributed by atoms with Crippen LogP contribution in [0.15, 0.2) is 53.6 Å². The Bertz CT molecular complexity index is 1130. The predicted molar refractivity (Wildman–Crippen MR) is 193 cm³/mol. The number of allylic oxidation sites excluding steroid dienone is 1. The number of hydrogen-bond donors (Lipinski definition) is 2. The molecule has 0 atom stereocenters. The first-order valence-corrected chi connectivity index (χ1v) is 17.2. The maximum atomic E-state index is 13.1. The smallest absolute Gasteiger partial charge is 0.323 e. The van der Waals surface area contributed by atoms with Gasteiger partial charge in [-0.15, -0.1) is 28.7 Å². The Balaban J connectivity index is 0.00000645. The van der Waals surface area contributed by atoms with Crippen molar-refractivity contribution in [2.75, 3.05) is 23.1 Å². The molecule has 0 unspecified atom stereocenters. The summed E-state index contributed by atoms with van der Waals surface area (Å²) in [5, 5.41) is 6.13. The zero-order valence-electron chi connectivity index (χ0n) is 27.3. The van der Waals surface area contributed by atoms with Crippen molar-refractivity contribution in [2.24, 2.45) is 0 Å². The number of para-hydroxylation sites is 1. The van der Waals surface area contributed by atoms with Crippen molar-refractivity contribution in [3.8, 4) is 5.75 Å². The van der Waals surface area contributed by atoms with Crippen LogP contribution in [0.3, 0.4) is 0 Å². The van der Waals surface area contributed by atoms with Crippen LogP contribution in [0.4, 0.5) is 16.2 Å². The van der Waals surface area contributed by atoms with Gasteiger partial charge in [-0.2, -0.15) is 0 Å². The molecule has 1 aliphatic heterocycles. The fraction of sp³-hybridized carbons (Fsp3) is 0.583. The molecule has 240 valence electrons. The number of ether oxygens (including phenoxy) is 1. The molecule has 0 saturated carbocycles. The van der Waals surface area contributed by atoms with Gasteiger partial charge >= 0.3 is 6.03 Å². The third-order valence-corrected chi connectivity index (χ3v) is 8.83. The van der Waals surface area contributed by atoms with Gasteiger partial charge in [0.1, 0.15) is 5.75 Å². The number of anilines is 2. The summed E-state index contributed by atoms with van der Waals surface area (Å²) in [6, 6.07) is 13.9. The highest BCUT2D eigenvalue weighted by molar-refractivity contribution is 8.93. The minimum atomic E-state index is -0.260. The first-order chi connectivity index (χ1) is 20.3. The molecule has 0 spiro atoms. The molecule has 2 N–H and O–H groups in total. The molecule has 0 bridgehead atoms. The summed E-state index contributed by atoms with van der Waals surface area (Å²) >= 11 is 1.84. The van der Waals surface area contributed by atoms with Crippen molar-refractivity contribution in [2.45, 2.75) is 124 Å². The Morgan fingerprint density at radius 3 is 2.07 bits per heavy atom. The van der Waals surface area contributed by atoms with Crippen LogP contribution in [0.5, 0.6) is 5.75 Å². The largest absolute Gasteiger partial charge is 0.491 e. The van der Waals surface area contributed by atoms with Gasteiger partial charge in [-0.3, -0.25) is 0 Å². The lowest BCUT2D eigenvalue weighted by molar-refractivity contribution is 0.261. The summed E-state index contributed by atoms with van der Waals surface area (Å²) in [6.45, 7) is 12.4. The van der Waals surface area contributed by atoms with Gasteiger partial charge in [0, 0.05) is 18.4 Å². The van der Waals surface area contributed by atoms with Crippen LogP contribution < -0.4 is 15.4 Å². The number of nitrogens with one attached hydrogen (secondary N) is 2. The number of benzene rings is 2. The normalized spacial score (nSPS) is 13.0. The van der Waals surface area contributed by atoms with E-state index >= 15 is 0 Å². The van der Waals surface area contributed by atoms with E-state index in [1.54, 1.807) is 0 Å². The molecule has 0 fully saturated rings. The standard InChI is InChI=1S/C36H55N3O2S.BrH/c1-6-7-8-9-10-11-12-13-14-15-16-19-24-41-34-25-31(36(3,4)5)22-23-33(34)38-35(40)37-32-21-18-17-20-30(32)27-39-26-29(2)42-28-39;/h17-18,20-23,25-26H,6-16,19,24,27-28H2,1-5H3,(H2,37,38,40);1H. The van der Waals surface area contributed by atoms with E-state index in [1.807, 2.05) is 36.0 Å². The summed E-state index contributed by atoms with van der Waals surface area (Å²) in [5.74, 6) is 1.68. The van der Waals surface area contributed by atoms with Crippen molar-refractivity contribution in [3.05, 3.63) is 64.7 Å². The maximum absolute atomic E-state index is 13.1. The average Bonchev–Trinajstić information content (AvgIpc) is 3.36. The molecule has 5 nitrogen and oxygen atoms in total. The molecule has 0 saturated heterocycles. The molecule has 2 aromatic rings. The van der Waals surface area contributed by atoms with Crippen molar-refractivity contribution in [1.82, 2.24) is 4.90 Å². The van der Waals surface area contributed by atoms with E-state index < -0.39 is 0 Å². The molecule has 1 aliphatic rings. The first-order valence-electron chi connectivity index (χ1n) is 16.2. The molecule has 2 aromatic carbocycles. The van der Waals surface area contributed by atoms with Gasteiger partial charge in [-0.25, -0.2) is 4.79 Å². The van der Waals surface area contributed by atoms with Gasteiger partial charge in [-0.05, 0) is 53.0 Å². The number of urea groups is 1. The van der Waals surface area contributed by atoms with Crippen LogP contribution in [0, 0.1) is 0 Å². The van der Waals surface area contributed by atoms with Crippen LogP contribution in [0.25, 0.3) is 0 Å². The van der Waals surface area contributed by atoms with Gasteiger partial charge < -0.3 is 20.3 Å². The molecule has 0 aliphatic carbocycles. The number of unbranched alkanes of at least 4 members (excludes halogenated alkanes) is 11. The van der Waals surface area contributed by atoms with Gasteiger partial charge in [0.25, 0.3) is 0 Å². The van der Waals surface area contributed by atoms with E-state index in [9.17, 15) is 4.79 Å². The fourth-order valence-electron chi connectivity index (χ4n) is 5.22. The van der Waals surface area contributed by atoms with Crippen LogP contribution in [-0.2, 0) is 12.0 Å². The maximum Gasteiger partial charge on any atom is 0.323 e. The van der Waals surface area contributed by atoms with E-state index in [1.165, 1.54) is 81.1 Å². The van der Waals surface area contributed by atoms with Crippen LogP contribution in [0.2, 0.25) is 0 Å². The van der Waals surface area contributed by atoms with Gasteiger partial charge in [0.15, 0.2) is 0 Å². The second kappa shape index (κ2) is 20.0. The van der Waals surface area contributed by atoms with Crippen LogP contribution >= 0.6 is 28.7 Å². The van der Waals surface area contributed by atoms with Gasteiger partial charge in [-0.1, -0.05) is 123 Å². The van der Waals surface area contributed by atoms with E-state index in [4.69, 9.17) is 4.74 Å². The number of thioether (sulfide) groups is 1. The van der Waals surface area contributed by atoms with Crippen LogP contribution in [0.1, 0.15) is 123 Å². The van der Waals surface area contributed by atoms with E-state index in [0.29, 0.717) is 12.3 Å². The molecule has 2 amide bonds. The van der Waals surface area contributed by atoms with Crippen LogP contribution in [-0.4, -0.2) is 23.4 Å². The molecular formula is C36H56BrN3O2S. The number of carbonyl (C=O) groups is 1. The molecule has 1 heterocycles. The van der Waals surface area contributed by atoms with Crippen molar-refractivity contribution in [3.63, 3.8) is 0 Å². The van der Waals surface area contributed by atoms with E-state index in [-0.39, 0.29) is 28.4 Å².